The molecule has 4 heterocycles. The molecule has 34 heavy (non-hydrogen) atoms. The topological polar surface area (TPSA) is 164 Å². The van der Waals surface area contributed by atoms with Crippen LogP contribution in [0.3, 0.4) is 0 Å². The fourth-order valence-corrected chi connectivity index (χ4v) is 6.01. The minimum atomic E-state index is -2.47. The van der Waals surface area contributed by atoms with E-state index in [4.69, 9.17) is 16.5 Å². The summed E-state index contributed by atoms with van der Waals surface area (Å²) in [4.78, 5) is 28.0. The van der Waals surface area contributed by atoms with Crippen LogP contribution in [0.2, 0.25) is 0 Å². The Morgan fingerprint density at radius 3 is 2.59 bits per heavy atom. The van der Waals surface area contributed by atoms with Gasteiger partial charge in [0.25, 0.3) is 5.91 Å². The quantitative estimate of drug-likeness (QED) is 0.409. The number of pyridine rings is 1. The molecule has 2 aromatic rings. The van der Waals surface area contributed by atoms with E-state index in [1.165, 1.54) is 6.20 Å². The third-order valence-electron chi connectivity index (χ3n) is 6.51. The van der Waals surface area contributed by atoms with E-state index in [1.54, 1.807) is 0 Å². The van der Waals surface area contributed by atoms with Gasteiger partial charge in [-0.2, -0.15) is 15.6 Å². The van der Waals surface area contributed by atoms with Gasteiger partial charge in [0.15, 0.2) is 0 Å². The van der Waals surface area contributed by atoms with Crippen molar-refractivity contribution in [1.29, 1.82) is 0 Å². The van der Waals surface area contributed by atoms with E-state index in [0.29, 0.717) is 42.7 Å². The minimum Gasteiger partial charge on any atom is -0.365 e. The lowest BCUT2D eigenvalue weighted by molar-refractivity contribution is 0.100. The van der Waals surface area contributed by atoms with Crippen LogP contribution < -0.4 is 21.7 Å². The standard InChI is InChI=1S/C23H35N7O3S/c1-14(2)19-10-17(11-20(28-19)15-5-8-34(32,33)9-6-15)27-22-18(21(25)31)12-26-23(29-22)30-7-3-4-16(24)13-30/h10-12,14-16,32-33H,3-9,13,24H2,1-2H3,(H2,25,31)(H,26,27,28,29). The number of rotatable bonds is 6. The Morgan fingerprint density at radius 1 is 1.21 bits per heavy atom. The van der Waals surface area contributed by atoms with Crippen LogP contribution in [0.15, 0.2) is 18.3 Å². The monoisotopic (exact) mass is 489 g/mol. The number of piperidine rings is 1. The Hall–Kier alpha value is -2.47. The molecule has 1 amide bonds. The van der Waals surface area contributed by atoms with E-state index >= 15 is 0 Å². The minimum absolute atomic E-state index is 0.0647. The van der Waals surface area contributed by atoms with Crippen LogP contribution in [0.1, 0.15) is 73.1 Å². The van der Waals surface area contributed by atoms with Crippen molar-refractivity contribution in [2.24, 2.45) is 11.5 Å². The van der Waals surface area contributed by atoms with Crippen molar-refractivity contribution in [3.8, 4) is 0 Å². The maximum Gasteiger partial charge on any atom is 0.254 e. The van der Waals surface area contributed by atoms with Crippen molar-refractivity contribution in [3.05, 3.63) is 35.3 Å². The van der Waals surface area contributed by atoms with E-state index in [1.807, 2.05) is 17.0 Å². The molecule has 0 spiro atoms. The molecule has 10 nitrogen and oxygen atoms in total. The van der Waals surface area contributed by atoms with Crippen LogP contribution in [0.5, 0.6) is 0 Å². The van der Waals surface area contributed by atoms with E-state index < -0.39 is 16.5 Å². The van der Waals surface area contributed by atoms with Gasteiger partial charge in [-0.05, 0) is 43.7 Å². The molecule has 2 aliphatic rings. The number of nitrogens with zero attached hydrogens (tertiary/aromatic N) is 4. The molecule has 0 bridgehead atoms. The number of hydrogen-bond acceptors (Lipinski definition) is 9. The van der Waals surface area contributed by atoms with Crippen molar-refractivity contribution in [2.45, 2.75) is 57.4 Å². The average molecular weight is 490 g/mol. The first-order chi connectivity index (χ1) is 16.1. The molecule has 2 aliphatic heterocycles. The van der Waals surface area contributed by atoms with Crippen molar-refractivity contribution < 1.29 is 13.9 Å². The van der Waals surface area contributed by atoms with Gasteiger partial charge in [0.05, 0.1) is 0 Å². The molecule has 1 unspecified atom stereocenters. The third kappa shape index (κ3) is 5.77. The third-order valence-corrected chi connectivity index (χ3v) is 8.29. The number of anilines is 3. The Bertz CT molecular complexity index is 1040. The summed E-state index contributed by atoms with van der Waals surface area (Å²) in [6.07, 6.45) is 4.74. The van der Waals surface area contributed by atoms with Crippen LogP contribution in [0, 0.1) is 0 Å². The Morgan fingerprint density at radius 2 is 1.94 bits per heavy atom. The summed E-state index contributed by atoms with van der Waals surface area (Å²) >= 11 is 0. The van der Waals surface area contributed by atoms with Gasteiger partial charge in [-0.25, -0.2) is 4.98 Å². The second-order valence-electron chi connectivity index (χ2n) is 9.61. The summed E-state index contributed by atoms with van der Waals surface area (Å²) in [6, 6.07) is 3.97. The summed E-state index contributed by atoms with van der Waals surface area (Å²) in [5.41, 5.74) is 14.5. The lowest BCUT2D eigenvalue weighted by Gasteiger charge is -2.39. The zero-order chi connectivity index (χ0) is 24.5. The number of nitrogens with two attached hydrogens (primary N) is 2. The van der Waals surface area contributed by atoms with Gasteiger partial charge in [0.1, 0.15) is 11.4 Å². The maximum atomic E-state index is 12.1. The highest BCUT2D eigenvalue weighted by Crippen LogP contribution is 2.48. The molecule has 7 N–H and O–H groups in total. The number of nitrogens with one attached hydrogen (secondary N) is 1. The van der Waals surface area contributed by atoms with E-state index in [-0.39, 0.29) is 23.4 Å². The summed E-state index contributed by atoms with van der Waals surface area (Å²) in [6.45, 7) is 5.61. The molecule has 186 valence electrons. The van der Waals surface area contributed by atoms with Crippen molar-refractivity contribution in [1.82, 2.24) is 15.0 Å². The van der Waals surface area contributed by atoms with E-state index in [9.17, 15) is 13.9 Å². The fourth-order valence-electron chi connectivity index (χ4n) is 4.48. The zero-order valence-electron chi connectivity index (χ0n) is 19.8. The molecule has 0 radical (unpaired) electrons. The first-order valence-electron chi connectivity index (χ1n) is 11.8. The highest BCUT2D eigenvalue weighted by Gasteiger charge is 2.27. The summed E-state index contributed by atoms with van der Waals surface area (Å²) in [5.74, 6) is 1.38. The molecule has 2 fully saturated rings. The number of primary amides is 1. The molecular formula is C23H35N7O3S. The van der Waals surface area contributed by atoms with E-state index in [2.05, 4.69) is 29.1 Å². The van der Waals surface area contributed by atoms with Crippen molar-refractivity contribution >= 4 is 34.0 Å². The molecule has 2 aromatic heterocycles. The van der Waals surface area contributed by atoms with Gasteiger partial charge in [0, 0.05) is 59.8 Å². The van der Waals surface area contributed by atoms with Crippen LogP contribution in [0.25, 0.3) is 0 Å². The van der Waals surface area contributed by atoms with Crippen molar-refractivity contribution in [3.63, 3.8) is 0 Å². The molecule has 2 saturated heterocycles. The predicted octanol–water partition coefficient (Wildman–Crippen LogP) is 3.39. The van der Waals surface area contributed by atoms with Gasteiger partial charge in [0.2, 0.25) is 5.95 Å². The smallest absolute Gasteiger partial charge is 0.254 e. The average Bonchev–Trinajstić information content (AvgIpc) is 2.78. The van der Waals surface area contributed by atoms with E-state index in [0.717, 1.165) is 36.5 Å². The largest absolute Gasteiger partial charge is 0.365 e. The molecular weight excluding hydrogens is 454 g/mol. The number of aromatic nitrogens is 3. The van der Waals surface area contributed by atoms with Gasteiger partial charge in [-0.3, -0.25) is 18.9 Å². The highest BCUT2D eigenvalue weighted by molar-refractivity contribution is 8.24. The lowest BCUT2D eigenvalue weighted by atomic mass is 9.96. The molecule has 4 rings (SSSR count). The predicted molar refractivity (Wildman–Crippen MR) is 136 cm³/mol. The molecule has 0 aliphatic carbocycles. The molecule has 0 aromatic carbocycles. The Kier molecular flexibility index (Phi) is 7.27. The Labute approximate surface area is 201 Å². The first kappa shape index (κ1) is 24.6. The maximum absolute atomic E-state index is 12.1. The van der Waals surface area contributed by atoms with Crippen LogP contribution >= 0.6 is 10.6 Å². The normalized spacial score (nSPS) is 21.9. The van der Waals surface area contributed by atoms with Crippen LogP contribution in [0.4, 0.5) is 17.5 Å². The second-order valence-corrected chi connectivity index (χ2v) is 12.0. The van der Waals surface area contributed by atoms with Gasteiger partial charge in [-0.1, -0.05) is 13.8 Å². The SMILES string of the molecule is CC(C)c1cc(Nc2nc(N3CCCC(N)C3)ncc2C(N)=O)cc(C2CCS(O)(O)CC2)n1. The number of carbonyl (C=O) groups is 1. The molecule has 0 saturated carbocycles. The van der Waals surface area contributed by atoms with Crippen LogP contribution in [-0.2, 0) is 0 Å². The van der Waals surface area contributed by atoms with Gasteiger partial charge < -0.3 is 21.7 Å². The fraction of sp³-hybridized carbons (Fsp3) is 0.565. The van der Waals surface area contributed by atoms with Gasteiger partial charge in [-0.15, -0.1) is 0 Å². The number of amides is 1. The molecule has 1 atom stereocenters. The highest BCUT2D eigenvalue weighted by atomic mass is 32.3. The number of hydrogen-bond donors (Lipinski definition) is 5. The number of carbonyl (C=O) groups excluding carboxylic acids is 1. The van der Waals surface area contributed by atoms with Crippen molar-refractivity contribution in [2.75, 3.05) is 34.8 Å². The summed E-state index contributed by atoms with van der Waals surface area (Å²) in [7, 11) is -2.47. The van der Waals surface area contributed by atoms with Crippen LogP contribution in [-0.4, -0.2) is 60.6 Å². The summed E-state index contributed by atoms with van der Waals surface area (Å²) in [5, 5.41) is 3.29. The molecule has 11 heteroatoms. The second kappa shape index (κ2) is 10.0. The summed E-state index contributed by atoms with van der Waals surface area (Å²) < 4.78 is 20.0. The zero-order valence-corrected chi connectivity index (χ0v) is 20.6. The van der Waals surface area contributed by atoms with Gasteiger partial charge >= 0.3 is 0 Å². The first-order valence-corrected chi connectivity index (χ1v) is 13.7. The lowest BCUT2D eigenvalue weighted by Crippen LogP contribution is -2.43. The Balaban J connectivity index is 1.66.